The minimum Gasteiger partial charge on any atom is -0.478 e. The van der Waals surface area contributed by atoms with E-state index >= 15 is 0 Å². The third kappa shape index (κ3) is 4.21. The molecule has 0 spiro atoms. The lowest BCUT2D eigenvalue weighted by Gasteiger charge is -2.09. The molecule has 1 aromatic heterocycles. The fourth-order valence-corrected chi connectivity index (χ4v) is 3.15. The predicted molar refractivity (Wildman–Crippen MR) is 94.4 cm³/mol. The monoisotopic (exact) mass is 361 g/mol. The highest BCUT2D eigenvalue weighted by Gasteiger charge is 2.16. The number of rotatable bonds is 5. The van der Waals surface area contributed by atoms with E-state index in [2.05, 4.69) is 14.9 Å². The van der Waals surface area contributed by atoms with E-state index in [0.29, 0.717) is 22.7 Å². The highest BCUT2D eigenvalue weighted by atomic mass is 32.2. The molecule has 0 unspecified atom stereocenters. The lowest BCUT2D eigenvalue weighted by molar-refractivity contribution is 0.0694. The van der Waals surface area contributed by atoms with Gasteiger partial charge in [-0.2, -0.15) is 18.4 Å². The Kier molecular flexibility index (Phi) is 5.22. The van der Waals surface area contributed by atoms with Crippen molar-refractivity contribution in [2.75, 3.05) is 0 Å². The molecule has 0 bridgehead atoms. The van der Waals surface area contributed by atoms with Gasteiger partial charge < -0.3 is 5.11 Å². The standard InChI is InChI=1S/C17H19N3O4S/c1-10-5-7-14(8-6-10)25(23,24)20-19-12(3)15-9-11(2)16(17(21)22)13(4)18-15/h5-9,20H,1-4H3,(H,21,22)/b19-12+. The van der Waals surface area contributed by atoms with Crippen LogP contribution in [0.15, 0.2) is 40.3 Å². The second kappa shape index (κ2) is 7.02. The Morgan fingerprint density at radius 1 is 1.16 bits per heavy atom. The van der Waals surface area contributed by atoms with Crippen molar-refractivity contribution in [2.24, 2.45) is 5.10 Å². The molecule has 0 amide bonds. The van der Waals surface area contributed by atoms with Crippen molar-refractivity contribution in [3.05, 3.63) is 58.4 Å². The maximum atomic E-state index is 12.2. The molecule has 2 aromatic rings. The molecule has 25 heavy (non-hydrogen) atoms. The number of hydrazone groups is 1. The largest absolute Gasteiger partial charge is 0.478 e. The predicted octanol–water partition coefficient (Wildman–Crippen LogP) is 2.41. The average molecular weight is 361 g/mol. The van der Waals surface area contributed by atoms with Gasteiger partial charge in [0.2, 0.25) is 0 Å². The number of carboxylic acid groups (broad SMARTS) is 1. The third-order valence-electron chi connectivity index (χ3n) is 3.65. The number of aryl methyl sites for hydroxylation is 3. The second-order valence-corrected chi connectivity index (χ2v) is 7.36. The Morgan fingerprint density at radius 3 is 2.28 bits per heavy atom. The molecule has 8 heteroatoms. The molecule has 132 valence electrons. The Hall–Kier alpha value is -2.74. The SMILES string of the molecule is C/C(=N\NS(=O)(=O)c1ccc(C)cc1)c1cc(C)c(C(=O)O)c(C)n1. The first-order valence-electron chi connectivity index (χ1n) is 7.46. The molecule has 0 aliphatic carbocycles. The van der Waals surface area contributed by atoms with E-state index in [1.807, 2.05) is 6.92 Å². The van der Waals surface area contributed by atoms with Gasteiger partial charge in [-0.25, -0.2) is 4.79 Å². The summed E-state index contributed by atoms with van der Waals surface area (Å²) in [6.07, 6.45) is 0. The van der Waals surface area contributed by atoms with Crippen LogP contribution >= 0.6 is 0 Å². The second-order valence-electron chi connectivity index (χ2n) is 5.69. The van der Waals surface area contributed by atoms with Crippen LogP contribution in [0.2, 0.25) is 0 Å². The molecule has 0 saturated heterocycles. The van der Waals surface area contributed by atoms with Crippen molar-refractivity contribution in [3.63, 3.8) is 0 Å². The molecule has 0 aliphatic heterocycles. The smallest absolute Gasteiger partial charge is 0.337 e. The number of pyridine rings is 1. The first-order chi connectivity index (χ1) is 11.6. The molecule has 1 heterocycles. The quantitative estimate of drug-likeness (QED) is 0.628. The lowest BCUT2D eigenvalue weighted by Crippen LogP contribution is -2.20. The van der Waals surface area contributed by atoms with Crippen molar-refractivity contribution >= 4 is 21.7 Å². The minimum atomic E-state index is -3.78. The molecular weight excluding hydrogens is 342 g/mol. The van der Waals surface area contributed by atoms with Gasteiger partial charge in [-0.3, -0.25) is 4.98 Å². The van der Waals surface area contributed by atoms with Gasteiger partial charge in [-0.15, -0.1) is 0 Å². The number of nitrogens with one attached hydrogen (secondary N) is 1. The Bertz CT molecular complexity index is 925. The van der Waals surface area contributed by atoms with Gasteiger partial charge >= 0.3 is 5.97 Å². The normalized spacial score (nSPS) is 12.1. The zero-order valence-corrected chi connectivity index (χ0v) is 15.2. The fraction of sp³-hybridized carbons (Fsp3) is 0.235. The maximum Gasteiger partial charge on any atom is 0.337 e. The van der Waals surface area contributed by atoms with Gasteiger partial charge in [-0.05, 0) is 51.5 Å². The number of nitrogens with zero attached hydrogens (tertiary/aromatic N) is 2. The van der Waals surface area contributed by atoms with Gasteiger partial charge in [0.05, 0.1) is 27.6 Å². The van der Waals surface area contributed by atoms with E-state index in [-0.39, 0.29) is 10.5 Å². The van der Waals surface area contributed by atoms with Crippen molar-refractivity contribution in [1.29, 1.82) is 0 Å². The molecule has 0 atom stereocenters. The van der Waals surface area contributed by atoms with Crippen molar-refractivity contribution < 1.29 is 18.3 Å². The molecule has 2 N–H and O–H groups in total. The molecule has 0 saturated carbocycles. The molecular formula is C17H19N3O4S. The summed E-state index contributed by atoms with van der Waals surface area (Å²) in [5, 5.41) is 13.1. The summed E-state index contributed by atoms with van der Waals surface area (Å²) in [5.74, 6) is -1.05. The summed E-state index contributed by atoms with van der Waals surface area (Å²) < 4.78 is 24.5. The van der Waals surface area contributed by atoms with Crippen LogP contribution in [0, 0.1) is 20.8 Å². The highest BCUT2D eigenvalue weighted by Crippen LogP contribution is 2.14. The number of hydrogen-bond acceptors (Lipinski definition) is 5. The number of carboxylic acids is 1. The van der Waals surface area contributed by atoms with Crippen molar-refractivity contribution in [2.45, 2.75) is 32.6 Å². The van der Waals surface area contributed by atoms with Crippen LogP contribution in [0.4, 0.5) is 0 Å². The number of benzene rings is 1. The van der Waals surface area contributed by atoms with E-state index in [4.69, 9.17) is 5.11 Å². The summed E-state index contributed by atoms with van der Waals surface area (Å²) in [5.41, 5.74) is 2.71. The zero-order chi connectivity index (χ0) is 18.8. The Balaban J connectivity index is 2.30. The summed E-state index contributed by atoms with van der Waals surface area (Å²) >= 11 is 0. The topological polar surface area (TPSA) is 109 Å². The first-order valence-corrected chi connectivity index (χ1v) is 8.95. The number of aromatic carboxylic acids is 1. The lowest BCUT2D eigenvalue weighted by atomic mass is 10.1. The van der Waals surface area contributed by atoms with E-state index < -0.39 is 16.0 Å². The summed E-state index contributed by atoms with van der Waals surface area (Å²) in [4.78, 5) is 17.7. The van der Waals surface area contributed by atoms with Gasteiger partial charge in [0.25, 0.3) is 10.0 Å². The van der Waals surface area contributed by atoms with Gasteiger partial charge in [-0.1, -0.05) is 17.7 Å². The third-order valence-corrected chi connectivity index (χ3v) is 4.87. The number of hydrogen-bond donors (Lipinski definition) is 2. The fourth-order valence-electron chi connectivity index (χ4n) is 2.30. The average Bonchev–Trinajstić information content (AvgIpc) is 2.52. The summed E-state index contributed by atoms with van der Waals surface area (Å²) in [6.45, 7) is 6.71. The highest BCUT2D eigenvalue weighted by molar-refractivity contribution is 7.89. The van der Waals surface area contributed by atoms with Gasteiger partial charge in [0.1, 0.15) is 0 Å². The zero-order valence-electron chi connectivity index (χ0n) is 14.4. The molecule has 1 aromatic carbocycles. The van der Waals surface area contributed by atoms with Crippen LogP contribution < -0.4 is 4.83 Å². The van der Waals surface area contributed by atoms with Crippen LogP contribution in [0.1, 0.15) is 39.8 Å². The maximum absolute atomic E-state index is 12.2. The Labute approximate surface area is 146 Å². The molecule has 0 fully saturated rings. The molecule has 0 radical (unpaired) electrons. The molecule has 7 nitrogen and oxygen atoms in total. The van der Waals surface area contributed by atoms with Crippen LogP contribution in [-0.2, 0) is 10.0 Å². The number of carbonyl (C=O) groups is 1. The summed E-state index contributed by atoms with van der Waals surface area (Å²) in [6, 6.07) is 7.96. The number of sulfonamides is 1. The molecule has 2 rings (SSSR count). The van der Waals surface area contributed by atoms with E-state index in [0.717, 1.165) is 5.56 Å². The van der Waals surface area contributed by atoms with E-state index in [9.17, 15) is 13.2 Å². The van der Waals surface area contributed by atoms with Crippen molar-refractivity contribution in [1.82, 2.24) is 9.82 Å². The van der Waals surface area contributed by atoms with E-state index in [1.165, 1.54) is 12.1 Å². The van der Waals surface area contributed by atoms with Crippen molar-refractivity contribution in [3.8, 4) is 0 Å². The number of aromatic nitrogens is 1. The van der Waals surface area contributed by atoms with Crippen LogP contribution in [0.3, 0.4) is 0 Å². The first kappa shape index (κ1) is 18.6. The minimum absolute atomic E-state index is 0.108. The summed E-state index contributed by atoms with van der Waals surface area (Å²) in [7, 11) is -3.78. The van der Waals surface area contributed by atoms with Gasteiger partial charge in [0, 0.05) is 0 Å². The van der Waals surface area contributed by atoms with Crippen LogP contribution in [-0.4, -0.2) is 30.2 Å². The van der Waals surface area contributed by atoms with Gasteiger partial charge in [0.15, 0.2) is 0 Å². The van der Waals surface area contributed by atoms with E-state index in [1.54, 1.807) is 39.0 Å². The molecule has 0 aliphatic rings. The Morgan fingerprint density at radius 2 is 1.76 bits per heavy atom. The van der Waals surface area contributed by atoms with Crippen LogP contribution in [0.25, 0.3) is 0 Å². The van der Waals surface area contributed by atoms with Crippen LogP contribution in [0.5, 0.6) is 0 Å².